The molecule has 2 aliphatic heterocycles. The molecular weight excluding hydrogens is 421 g/mol. The highest BCUT2D eigenvalue weighted by Crippen LogP contribution is 2.40. The van der Waals surface area contributed by atoms with Crippen LogP contribution in [0.25, 0.3) is 11.3 Å². The molecule has 5 rings (SSSR count). The van der Waals surface area contributed by atoms with Crippen LogP contribution in [0, 0.1) is 18.2 Å². The molecule has 1 aromatic carbocycles. The molecule has 4 heterocycles. The Hall–Kier alpha value is -3.83. The average molecular weight is 448 g/mol. The third-order valence-electron chi connectivity index (χ3n) is 5.60. The zero-order valence-corrected chi connectivity index (χ0v) is 18.4. The molecule has 2 aromatic heterocycles. The monoisotopic (exact) mass is 447 g/mol. The molecule has 0 aliphatic carbocycles. The fraction of sp³-hybridized carbons (Fsp3) is 0.280. The quantitative estimate of drug-likeness (QED) is 0.459. The molecule has 0 bridgehead atoms. The molecular formula is C25H26FN5O2. The highest BCUT2D eigenvalue weighted by atomic mass is 19.1. The normalized spacial score (nSPS) is 14.4. The van der Waals surface area contributed by atoms with Gasteiger partial charge < -0.3 is 25.7 Å². The van der Waals surface area contributed by atoms with Crippen molar-refractivity contribution in [1.29, 1.82) is 0 Å². The maximum absolute atomic E-state index is 14.2. The van der Waals surface area contributed by atoms with Crippen LogP contribution in [-0.4, -0.2) is 42.6 Å². The van der Waals surface area contributed by atoms with E-state index in [-0.39, 0.29) is 11.7 Å². The van der Waals surface area contributed by atoms with Gasteiger partial charge >= 0.3 is 0 Å². The largest absolute Gasteiger partial charge is 0.492 e. The third-order valence-corrected chi connectivity index (χ3v) is 5.60. The Morgan fingerprint density at radius 3 is 2.73 bits per heavy atom. The summed E-state index contributed by atoms with van der Waals surface area (Å²) in [5.41, 5.74) is 4.12. The van der Waals surface area contributed by atoms with Crippen LogP contribution in [0.4, 0.5) is 15.8 Å². The smallest absolute Gasteiger partial charge is 0.255 e. The van der Waals surface area contributed by atoms with Crippen molar-refractivity contribution in [2.75, 3.05) is 32.1 Å². The number of para-hydroxylation sites is 1. The number of nitrogens with one attached hydrogen (secondary N) is 4. The summed E-state index contributed by atoms with van der Waals surface area (Å²) in [5.74, 6) is 1.96. The number of aromatic amines is 1. The SMILES string of the molecule is C#Cc1cnccc1-c1[nH]c2c(c1Nc1cccc(F)c1OC)C(=O)NCC2.C1CCNC1. The van der Waals surface area contributed by atoms with E-state index < -0.39 is 5.82 Å². The van der Waals surface area contributed by atoms with E-state index in [0.29, 0.717) is 41.2 Å². The van der Waals surface area contributed by atoms with Crippen molar-refractivity contribution in [3.8, 4) is 29.4 Å². The maximum Gasteiger partial charge on any atom is 0.255 e. The molecule has 1 amide bonds. The number of pyridine rings is 1. The van der Waals surface area contributed by atoms with E-state index in [9.17, 15) is 9.18 Å². The lowest BCUT2D eigenvalue weighted by Gasteiger charge is -2.16. The lowest BCUT2D eigenvalue weighted by atomic mass is 10.0. The van der Waals surface area contributed by atoms with Crippen molar-refractivity contribution in [1.82, 2.24) is 20.6 Å². The van der Waals surface area contributed by atoms with Crippen LogP contribution in [0.1, 0.15) is 34.5 Å². The van der Waals surface area contributed by atoms with Crippen molar-refractivity contribution in [3.63, 3.8) is 0 Å². The number of fused-ring (bicyclic) bond motifs is 1. The van der Waals surface area contributed by atoms with Gasteiger partial charge in [0, 0.05) is 36.6 Å². The van der Waals surface area contributed by atoms with Crippen LogP contribution >= 0.6 is 0 Å². The zero-order valence-electron chi connectivity index (χ0n) is 18.4. The zero-order chi connectivity index (χ0) is 23.2. The lowest BCUT2D eigenvalue weighted by Crippen LogP contribution is -2.31. The molecule has 170 valence electrons. The number of rotatable bonds is 4. The summed E-state index contributed by atoms with van der Waals surface area (Å²) in [6.45, 7) is 3.03. The van der Waals surface area contributed by atoms with Gasteiger partial charge in [-0.25, -0.2) is 4.39 Å². The second-order valence-electron chi connectivity index (χ2n) is 7.70. The number of anilines is 2. The molecule has 8 heteroatoms. The predicted molar refractivity (Wildman–Crippen MR) is 126 cm³/mol. The Kier molecular flexibility index (Phi) is 6.91. The van der Waals surface area contributed by atoms with Gasteiger partial charge in [0.05, 0.1) is 35.3 Å². The Labute approximate surface area is 192 Å². The van der Waals surface area contributed by atoms with Crippen LogP contribution in [-0.2, 0) is 6.42 Å². The maximum atomic E-state index is 14.2. The summed E-state index contributed by atoms with van der Waals surface area (Å²) >= 11 is 0. The number of nitrogens with zero attached hydrogens (tertiary/aromatic N) is 1. The number of terminal acetylenes is 1. The van der Waals surface area contributed by atoms with E-state index in [4.69, 9.17) is 11.2 Å². The van der Waals surface area contributed by atoms with E-state index in [2.05, 4.69) is 31.8 Å². The number of ether oxygens (including phenoxy) is 1. The number of benzene rings is 1. The minimum absolute atomic E-state index is 0.0616. The molecule has 3 aromatic rings. The van der Waals surface area contributed by atoms with Crippen molar-refractivity contribution >= 4 is 17.3 Å². The summed E-state index contributed by atoms with van der Waals surface area (Å²) < 4.78 is 19.3. The first kappa shape index (κ1) is 22.4. The number of carbonyl (C=O) groups is 1. The lowest BCUT2D eigenvalue weighted by molar-refractivity contribution is 0.0947. The number of methoxy groups -OCH3 is 1. The highest BCUT2D eigenvalue weighted by molar-refractivity contribution is 6.06. The second-order valence-corrected chi connectivity index (χ2v) is 7.70. The fourth-order valence-corrected chi connectivity index (χ4v) is 4.01. The van der Waals surface area contributed by atoms with Gasteiger partial charge in [-0.05, 0) is 44.1 Å². The van der Waals surface area contributed by atoms with Crippen LogP contribution in [0.2, 0.25) is 0 Å². The molecule has 4 N–H and O–H groups in total. The molecule has 2 aliphatic rings. The Balaban J connectivity index is 0.000000459. The number of hydrogen-bond donors (Lipinski definition) is 4. The van der Waals surface area contributed by atoms with Crippen LogP contribution in [0.15, 0.2) is 36.7 Å². The third kappa shape index (κ3) is 4.69. The summed E-state index contributed by atoms with van der Waals surface area (Å²) in [6, 6.07) is 6.33. The van der Waals surface area contributed by atoms with E-state index >= 15 is 0 Å². The molecule has 0 radical (unpaired) electrons. The molecule has 1 fully saturated rings. The van der Waals surface area contributed by atoms with Crippen molar-refractivity contribution in [3.05, 3.63) is 59.3 Å². The van der Waals surface area contributed by atoms with E-state index in [1.165, 1.54) is 39.1 Å². The van der Waals surface area contributed by atoms with Gasteiger partial charge in [0.2, 0.25) is 0 Å². The van der Waals surface area contributed by atoms with Crippen molar-refractivity contribution in [2.24, 2.45) is 0 Å². The Morgan fingerprint density at radius 1 is 1.21 bits per heavy atom. The number of hydrogen-bond acceptors (Lipinski definition) is 5. The molecule has 0 spiro atoms. The minimum atomic E-state index is -0.504. The summed E-state index contributed by atoms with van der Waals surface area (Å²) in [4.78, 5) is 20.0. The molecule has 0 atom stereocenters. The standard InChI is InChI=1S/C21H17FN4O2.C4H9N/c1-3-12-11-23-9-7-13(12)18-19(17-15(25-18)8-10-24-21(17)27)26-16-6-4-5-14(22)20(16)28-2;1-2-4-5-3-1/h1,4-7,9,11,25-26H,8,10H2,2H3,(H,24,27);5H,1-4H2. The van der Waals surface area contributed by atoms with Crippen LogP contribution in [0.5, 0.6) is 5.75 Å². The van der Waals surface area contributed by atoms with Gasteiger partial charge in [-0.2, -0.15) is 0 Å². The van der Waals surface area contributed by atoms with Gasteiger partial charge in [0.1, 0.15) is 0 Å². The van der Waals surface area contributed by atoms with Crippen molar-refractivity contribution < 1.29 is 13.9 Å². The number of amides is 1. The summed E-state index contributed by atoms with van der Waals surface area (Å²) in [6.07, 6.45) is 12.3. The summed E-state index contributed by atoms with van der Waals surface area (Å²) in [5, 5.41) is 9.24. The van der Waals surface area contributed by atoms with E-state index in [1.807, 2.05) is 0 Å². The van der Waals surface area contributed by atoms with Gasteiger partial charge in [-0.15, -0.1) is 6.42 Å². The molecule has 33 heavy (non-hydrogen) atoms. The predicted octanol–water partition coefficient (Wildman–Crippen LogP) is 3.61. The number of halogens is 1. The van der Waals surface area contributed by atoms with Crippen LogP contribution < -0.4 is 20.7 Å². The first-order valence-corrected chi connectivity index (χ1v) is 10.9. The number of H-pyrrole nitrogens is 1. The van der Waals surface area contributed by atoms with E-state index in [1.54, 1.807) is 30.6 Å². The van der Waals surface area contributed by atoms with E-state index in [0.717, 1.165) is 11.3 Å². The molecule has 1 saturated heterocycles. The van der Waals surface area contributed by atoms with Gasteiger partial charge in [0.15, 0.2) is 11.6 Å². The second kappa shape index (κ2) is 10.2. The number of carbonyl (C=O) groups excluding carboxylic acids is 1. The topological polar surface area (TPSA) is 91.1 Å². The first-order chi connectivity index (χ1) is 16.1. The fourth-order valence-electron chi connectivity index (χ4n) is 4.01. The van der Waals surface area contributed by atoms with Gasteiger partial charge in [-0.3, -0.25) is 9.78 Å². The number of aromatic nitrogens is 2. The average Bonchev–Trinajstić information content (AvgIpc) is 3.52. The molecule has 7 nitrogen and oxygen atoms in total. The van der Waals surface area contributed by atoms with Crippen LogP contribution in [0.3, 0.4) is 0 Å². The molecule has 0 saturated carbocycles. The first-order valence-electron chi connectivity index (χ1n) is 10.9. The van der Waals surface area contributed by atoms with Gasteiger partial charge in [-0.1, -0.05) is 12.0 Å². The van der Waals surface area contributed by atoms with Crippen molar-refractivity contribution in [2.45, 2.75) is 19.3 Å². The highest BCUT2D eigenvalue weighted by Gasteiger charge is 2.28. The molecule has 0 unspecified atom stereocenters. The Morgan fingerprint density at radius 2 is 2.03 bits per heavy atom. The summed E-state index contributed by atoms with van der Waals surface area (Å²) in [7, 11) is 1.39. The van der Waals surface area contributed by atoms with Gasteiger partial charge in [0.25, 0.3) is 5.91 Å². The Bertz CT molecular complexity index is 1190. The minimum Gasteiger partial charge on any atom is -0.492 e.